The van der Waals surface area contributed by atoms with E-state index in [0.717, 1.165) is 16.9 Å². The van der Waals surface area contributed by atoms with Gasteiger partial charge < -0.3 is 10.2 Å². The fraction of sp³-hybridized carbons (Fsp3) is 0.286. The van der Waals surface area contributed by atoms with Crippen LogP contribution < -0.4 is 5.32 Å². The first-order valence-corrected chi connectivity index (χ1v) is 10.6. The van der Waals surface area contributed by atoms with E-state index in [2.05, 4.69) is 20.2 Å². The lowest BCUT2D eigenvalue weighted by atomic mass is 10.1. The minimum absolute atomic E-state index is 0.311. The molecule has 2 aromatic heterocycles. The summed E-state index contributed by atoms with van der Waals surface area (Å²) in [4.78, 5) is 25.1. The Hall–Kier alpha value is -2.98. The normalized spacial score (nSPS) is 14.8. The number of carbonyl (C=O) groups excluding carboxylic acids is 1. The first-order valence-electron chi connectivity index (χ1n) is 9.72. The molecule has 0 unspecified atom stereocenters. The molecule has 0 atom stereocenters. The van der Waals surface area contributed by atoms with E-state index in [9.17, 15) is 18.0 Å². The molecule has 0 saturated carbocycles. The van der Waals surface area contributed by atoms with Gasteiger partial charge in [-0.3, -0.25) is 9.69 Å². The van der Waals surface area contributed by atoms with Gasteiger partial charge in [-0.25, -0.2) is 23.1 Å². The van der Waals surface area contributed by atoms with Gasteiger partial charge in [-0.2, -0.15) is 0 Å². The first kappa shape index (κ1) is 21.3. The molecule has 6 nitrogen and oxygen atoms in total. The second kappa shape index (κ2) is 9.44. The lowest BCUT2D eigenvalue weighted by Crippen LogP contribution is -2.48. The van der Waals surface area contributed by atoms with Crippen LogP contribution in [0.4, 0.5) is 24.1 Å². The van der Waals surface area contributed by atoms with Gasteiger partial charge in [0, 0.05) is 44.3 Å². The van der Waals surface area contributed by atoms with Crippen LogP contribution in [0.3, 0.4) is 0 Å². The van der Waals surface area contributed by atoms with Gasteiger partial charge in [0.05, 0.1) is 16.8 Å². The van der Waals surface area contributed by atoms with Crippen molar-refractivity contribution in [2.24, 2.45) is 0 Å². The number of alkyl halides is 2. The Balaban J connectivity index is 1.35. The number of anilines is 2. The number of carbonyl (C=O) groups is 1. The monoisotopic (exact) mass is 447 g/mol. The molecule has 1 aliphatic rings. The standard InChI is InChI=1S/C21H20F3N5OS/c22-18-15(19(23)24)4-2-5-16(18)20(30)29-10-8-28(9-11-29)13-14-3-1-6-17(26-14)27-21-25-7-12-31-21/h1-7,12,19H,8-11,13H2,(H,25,26,27). The molecule has 1 aliphatic heterocycles. The number of benzene rings is 1. The number of rotatable bonds is 6. The minimum Gasteiger partial charge on any atom is -0.336 e. The zero-order valence-electron chi connectivity index (χ0n) is 16.5. The van der Waals surface area contributed by atoms with Gasteiger partial charge in [-0.1, -0.05) is 18.2 Å². The van der Waals surface area contributed by atoms with Crippen LogP contribution in [0.1, 0.15) is 28.0 Å². The molecule has 10 heteroatoms. The number of aromatic nitrogens is 2. The second-order valence-electron chi connectivity index (χ2n) is 7.05. The Bertz CT molecular complexity index is 1040. The molecular weight excluding hydrogens is 427 g/mol. The predicted octanol–water partition coefficient (Wildman–Crippen LogP) is 4.32. The molecule has 0 radical (unpaired) electrons. The zero-order valence-corrected chi connectivity index (χ0v) is 17.3. The zero-order chi connectivity index (χ0) is 21.8. The maximum atomic E-state index is 14.3. The molecule has 4 rings (SSSR count). The summed E-state index contributed by atoms with van der Waals surface area (Å²) < 4.78 is 40.2. The van der Waals surface area contributed by atoms with Crippen molar-refractivity contribution in [1.29, 1.82) is 0 Å². The van der Waals surface area contributed by atoms with Gasteiger partial charge >= 0.3 is 0 Å². The van der Waals surface area contributed by atoms with Crippen molar-refractivity contribution in [3.05, 3.63) is 70.6 Å². The van der Waals surface area contributed by atoms with Crippen LogP contribution in [0.2, 0.25) is 0 Å². The molecule has 3 heterocycles. The smallest absolute Gasteiger partial charge is 0.266 e. The summed E-state index contributed by atoms with van der Waals surface area (Å²) in [7, 11) is 0. The Morgan fingerprint density at radius 2 is 1.90 bits per heavy atom. The maximum Gasteiger partial charge on any atom is 0.266 e. The summed E-state index contributed by atoms with van der Waals surface area (Å²) in [6.45, 7) is 2.52. The van der Waals surface area contributed by atoms with Crippen LogP contribution in [-0.4, -0.2) is 51.9 Å². The highest BCUT2D eigenvalue weighted by molar-refractivity contribution is 7.13. The average Bonchev–Trinajstić information content (AvgIpc) is 3.27. The van der Waals surface area contributed by atoms with Gasteiger partial charge in [0.25, 0.3) is 12.3 Å². The number of amides is 1. The van der Waals surface area contributed by atoms with Crippen molar-refractivity contribution in [2.75, 3.05) is 31.5 Å². The highest BCUT2D eigenvalue weighted by Gasteiger charge is 2.26. The van der Waals surface area contributed by atoms with Crippen LogP contribution in [-0.2, 0) is 6.54 Å². The molecule has 1 saturated heterocycles. The van der Waals surface area contributed by atoms with E-state index in [1.165, 1.54) is 28.4 Å². The molecule has 0 spiro atoms. The molecule has 1 N–H and O–H groups in total. The van der Waals surface area contributed by atoms with Crippen molar-refractivity contribution in [3.8, 4) is 0 Å². The first-order chi connectivity index (χ1) is 15.0. The third kappa shape index (κ3) is 5.02. The maximum absolute atomic E-state index is 14.3. The number of piperazine rings is 1. The fourth-order valence-corrected chi connectivity index (χ4v) is 3.96. The summed E-state index contributed by atoms with van der Waals surface area (Å²) in [5.41, 5.74) is -0.187. The van der Waals surface area contributed by atoms with Crippen molar-refractivity contribution in [2.45, 2.75) is 13.0 Å². The van der Waals surface area contributed by atoms with E-state index in [4.69, 9.17) is 0 Å². The van der Waals surface area contributed by atoms with Gasteiger partial charge in [-0.15, -0.1) is 11.3 Å². The van der Waals surface area contributed by atoms with Gasteiger partial charge in [-0.05, 0) is 18.2 Å². The van der Waals surface area contributed by atoms with Crippen molar-refractivity contribution >= 4 is 28.2 Å². The Morgan fingerprint density at radius 3 is 2.61 bits per heavy atom. The number of hydrogen-bond donors (Lipinski definition) is 1. The van der Waals surface area contributed by atoms with E-state index >= 15 is 0 Å². The van der Waals surface area contributed by atoms with Crippen LogP contribution >= 0.6 is 11.3 Å². The van der Waals surface area contributed by atoms with Gasteiger partial charge in [0.2, 0.25) is 0 Å². The minimum atomic E-state index is -2.96. The van der Waals surface area contributed by atoms with Crippen molar-refractivity contribution in [1.82, 2.24) is 19.8 Å². The number of thiazole rings is 1. The Kier molecular flexibility index (Phi) is 6.47. The van der Waals surface area contributed by atoms with Crippen LogP contribution in [0.25, 0.3) is 0 Å². The van der Waals surface area contributed by atoms with Crippen molar-refractivity contribution < 1.29 is 18.0 Å². The molecule has 3 aromatic rings. The lowest BCUT2D eigenvalue weighted by molar-refractivity contribution is 0.0621. The molecule has 0 aliphatic carbocycles. The van der Waals surface area contributed by atoms with Gasteiger partial charge in [0.15, 0.2) is 5.13 Å². The second-order valence-corrected chi connectivity index (χ2v) is 7.95. The largest absolute Gasteiger partial charge is 0.336 e. The van der Waals surface area contributed by atoms with E-state index < -0.39 is 23.7 Å². The highest BCUT2D eigenvalue weighted by Crippen LogP contribution is 2.25. The summed E-state index contributed by atoms with van der Waals surface area (Å²) in [6, 6.07) is 9.24. The van der Waals surface area contributed by atoms with Crippen LogP contribution in [0.15, 0.2) is 48.0 Å². The lowest BCUT2D eigenvalue weighted by Gasteiger charge is -2.34. The van der Waals surface area contributed by atoms with E-state index in [-0.39, 0.29) is 5.56 Å². The molecular formula is C21H20F3N5OS. The number of pyridine rings is 1. The highest BCUT2D eigenvalue weighted by atomic mass is 32.1. The Morgan fingerprint density at radius 1 is 1.13 bits per heavy atom. The van der Waals surface area contributed by atoms with Crippen molar-refractivity contribution in [3.63, 3.8) is 0 Å². The van der Waals surface area contributed by atoms with E-state index in [1.54, 1.807) is 6.20 Å². The summed E-state index contributed by atoms with van der Waals surface area (Å²) in [5.74, 6) is -0.998. The number of nitrogens with one attached hydrogen (secondary N) is 1. The average molecular weight is 447 g/mol. The third-order valence-corrected chi connectivity index (χ3v) is 5.70. The summed E-state index contributed by atoms with van der Waals surface area (Å²) in [6.07, 6.45) is -1.24. The Labute approximate surface area is 181 Å². The van der Waals surface area contributed by atoms with Gasteiger partial charge in [0.1, 0.15) is 11.6 Å². The molecule has 0 bridgehead atoms. The molecule has 31 heavy (non-hydrogen) atoms. The summed E-state index contributed by atoms with van der Waals surface area (Å²) in [5, 5.41) is 5.80. The molecule has 1 amide bonds. The fourth-order valence-electron chi connectivity index (χ4n) is 3.42. The quantitative estimate of drug-likeness (QED) is 0.610. The van der Waals surface area contributed by atoms with Crippen LogP contribution in [0.5, 0.6) is 0 Å². The number of hydrogen-bond acceptors (Lipinski definition) is 6. The summed E-state index contributed by atoms with van der Waals surface area (Å²) >= 11 is 1.49. The molecule has 1 aromatic carbocycles. The van der Waals surface area contributed by atoms with E-state index in [1.807, 2.05) is 23.6 Å². The van der Waals surface area contributed by atoms with Crippen LogP contribution in [0, 0.1) is 5.82 Å². The van der Waals surface area contributed by atoms with E-state index in [0.29, 0.717) is 38.5 Å². The third-order valence-electron chi connectivity index (χ3n) is 5.01. The molecule has 162 valence electrons. The number of nitrogens with zero attached hydrogens (tertiary/aromatic N) is 4. The topological polar surface area (TPSA) is 61.4 Å². The predicted molar refractivity (Wildman–Crippen MR) is 112 cm³/mol. The molecule has 1 fully saturated rings. The SMILES string of the molecule is O=C(c1cccc(C(F)F)c1F)N1CCN(Cc2cccc(Nc3nccs3)n2)CC1. The number of halogens is 3.